The second-order valence-corrected chi connectivity index (χ2v) is 5.01. The van der Waals surface area contributed by atoms with Gasteiger partial charge in [0.2, 0.25) is 0 Å². The van der Waals surface area contributed by atoms with Crippen LogP contribution in [0.25, 0.3) is 0 Å². The number of nitrogens with one attached hydrogen (secondary N) is 1. The Morgan fingerprint density at radius 2 is 2.19 bits per heavy atom. The third-order valence-electron chi connectivity index (χ3n) is 3.32. The average molecular weight is 287 g/mol. The topological polar surface area (TPSA) is 65.4 Å². The van der Waals surface area contributed by atoms with Gasteiger partial charge in [0.25, 0.3) is 5.91 Å². The molecule has 1 aromatic heterocycles. The number of aryl methyl sites for hydroxylation is 2. The van der Waals surface area contributed by atoms with Gasteiger partial charge in [-0.2, -0.15) is 5.10 Å². The maximum absolute atomic E-state index is 12.1. The van der Waals surface area contributed by atoms with Crippen molar-refractivity contribution in [2.75, 3.05) is 13.2 Å². The molecule has 2 heterocycles. The summed E-state index contributed by atoms with van der Waals surface area (Å²) in [4.78, 5) is 12.1. The predicted molar refractivity (Wildman–Crippen MR) is 76.6 cm³/mol. The van der Waals surface area contributed by atoms with E-state index in [4.69, 9.17) is 9.47 Å². The van der Waals surface area contributed by atoms with Crippen LogP contribution >= 0.6 is 0 Å². The van der Waals surface area contributed by atoms with Crippen LogP contribution in [0.4, 0.5) is 0 Å². The van der Waals surface area contributed by atoms with Gasteiger partial charge >= 0.3 is 0 Å². The summed E-state index contributed by atoms with van der Waals surface area (Å²) in [7, 11) is 1.79. The van der Waals surface area contributed by atoms with Crippen LogP contribution in [-0.2, 0) is 7.05 Å². The van der Waals surface area contributed by atoms with Gasteiger partial charge in [-0.3, -0.25) is 9.48 Å². The second-order valence-electron chi connectivity index (χ2n) is 5.01. The van der Waals surface area contributed by atoms with E-state index in [2.05, 4.69) is 10.4 Å². The molecule has 1 amide bonds. The third kappa shape index (κ3) is 2.84. The van der Waals surface area contributed by atoms with E-state index in [0.717, 1.165) is 5.75 Å². The number of hydrogen-bond donors (Lipinski definition) is 1. The van der Waals surface area contributed by atoms with Crippen LogP contribution in [0.3, 0.4) is 0 Å². The molecule has 21 heavy (non-hydrogen) atoms. The van der Waals surface area contributed by atoms with Crippen molar-refractivity contribution >= 4 is 5.91 Å². The summed E-state index contributed by atoms with van der Waals surface area (Å²) in [6.07, 6.45) is 1.51. The number of para-hydroxylation sites is 2. The molecule has 110 valence electrons. The first-order chi connectivity index (χ1) is 10.1. The fraction of sp³-hybridized carbons (Fsp3) is 0.333. The molecule has 6 heteroatoms. The molecule has 0 spiro atoms. The number of hydrogen-bond acceptors (Lipinski definition) is 4. The zero-order chi connectivity index (χ0) is 14.8. The van der Waals surface area contributed by atoms with Crippen molar-refractivity contribution in [3.63, 3.8) is 0 Å². The first kappa shape index (κ1) is 13.5. The number of nitrogens with zero attached hydrogens (tertiary/aromatic N) is 2. The highest BCUT2D eigenvalue weighted by molar-refractivity contribution is 5.95. The summed E-state index contributed by atoms with van der Waals surface area (Å²) in [5.41, 5.74) is 1.29. The third-order valence-corrected chi connectivity index (χ3v) is 3.32. The standard InChI is InChI=1S/C15H17N3O3/c1-10-12(8-18(2)17-10)15(19)16-7-11-9-20-13-5-3-4-6-14(13)21-11/h3-6,8,11H,7,9H2,1-2H3,(H,16,19). The van der Waals surface area contributed by atoms with Crippen molar-refractivity contribution in [1.29, 1.82) is 0 Å². The number of aromatic nitrogens is 2. The van der Waals surface area contributed by atoms with Crippen LogP contribution in [0.1, 0.15) is 16.1 Å². The van der Waals surface area contributed by atoms with Crippen molar-refractivity contribution in [2.24, 2.45) is 7.05 Å². The molecule has 3 rings (SSSR count). The molecule has 1 aromatic carbocycles. The number of ether oxygens (including phenoxy) is 2. The molecule has 1 N–H and O–H groups in total. The van der Waals surface area contributed by atoms with Gasteiger partial charge in [-0.1, -0.05) is 12.1 Å². The fourth-order valence-electron chi connectivity index (χ4n) is 2.29. The van der Waals surface area contributed by atoms with E-state index >= 15 is 0 Å². The Morgan fingerprint density at radius 1 is 1.43 bits per heavy atom. The lowest BCUT2D eigenvalue weighted by atomic mass is 10.2. The van der Waals surface area contributed by atoms with E-state index in [1.165, 1.54) is 0 Å². The molecule has 6 nitrogen and oxygen atoms in total. The summed E-state index contributed by atoms with van der Waals surface area (Å²) < 4.78 is 13.0. The number of carbonyl (C=O) groups excluding carboxylic acids is 1. The molecule has 2 aromatic rings. The zero-order valence-corrected chi connectivity index (χ0v) is 12.0. The van der Waals surface area contributed by atoms with Gasteiger partial charge in [0.05, 0.1) is 17.8 Å². The smallest absolute Gasteiger partial charge is 0.254 e. The van der Waals surface area contributed by atoms with Gasteiger partial charge in [-0.05, 0) is 19.1 Å². The predicted octanol–water partition coefficient (Wildman–Crippen LogP) is 1.30. The second kappa shape index (κ2) is 5.47. The van der Waals surface area contributed by atoms with E-state index in [9.17, 15) is 4.79 Å². The fourth-order valence-corrected chi connectivity index (χ4v) is 2.29. The molecular weight excluding hydrogens is 270 g/mol. The van der Waals surface area contributed by atoms with Crippen molar-refractivity contribution in [2.45, 2.75) is 13.0 Å². The zero-order valence-electron chi connectivity index (χ0n) is 12.0. The Hall–Kier alpha value is -2.50. The molecule has 0 aliphatic carbocycles. The first-order valence-corrected chi connectivity index (χ1v) is 6.80. The van der Waals surface area contributed by atoms with Gasteiger partial charge in [-0.25, -0.2) is 0 Å². The largest absolute Gasteiger partial charge is 0.486 e. The molecule has 0 saturated carbocycles. The molecule has 1 aliphatic rings. The van der Waals surface area contributed by atoms with Crippen molar-refractivity contribution < 1.29 is 14.3 Å². The molecule has 1 atom stereocenters. The van der Waals surface area contributed by atoms with Crippen molar-refractivity contribution in [3.05, 3.63) is 41.7 Å². The van der Waals surface area contributed by atoms with Gasteiger partial charge in [0, 0.05) is 13.2 Å². The molecule has 0 radical (unpaired) electrons. The number of carbonyl (C=O) groups is 1. The highest BCUT2D eigenvalue weighted by atomic mass is 16.6. The van der Waals surface area contributed by atoms with E-state index in [-0.39, 0.29) is 12.0 Å². The summed E-state index contributed by atoms with van der Waals surface area (Å²) in [5, 5.41) is 7.01. The summed E-state index contributed by atoms with van der Waals surface area (Å²) in [6.45, 7) is 2.62. The van der Waals surface area contributed by atoms with Crippen LogP contribution < -0.4 is 14.8 Å². The lowest BCUT2D eigenvalue weighted by Crippen LogP contribution is -2.40. The highest BCUT2D eigenvalue weighted by Crippen LogP contribution is 2.30. The van der Waals surface area contributed by atoms with E-state index in [1.54, 1.807) is 17.9 Å². The minimum absolute atomic E-state index is 0.150. The average Bonchev–Trinajstić information content (AvgIpc) is 2.83. The Bertz CT molecular complexity index is 666. The number of benzene rings is 1. The lowest BCUT2D eigenvalue weighted by molar-refractivity contribution is 0.0789. The van der Waals surface area contributed by atoms with Crippen LogP contribution in [0, 0.1) is 6.92 Å². The maximum atomic E-state index is 12.1. The first-order valence-electron chi connectivity index (χ1n) is 6.80. The van der Waals surface area contributed by atoms with Crippen molar-refractivity contribution in [1.82, 2.24) is 15.1 Å². The van der Waals surface area contributed by atoms with Gasteiger partial charge in [0.15, 0.2) is 11.5 Å². The minimum Gasteiger partial charge on any atom is -0.486 e. The summed E-state index contributed by atoms with van der Waals surface area (Å²) >= 11 is 0. The number of amides is 1. The Labute approximate surface area is 122 Å². The maximum Gasteiger partial charge on any atom is 0.254 e. The van der Waals surface area contributed by atoms with Crippen LogP contribution in [0.15, 0.2) is 30.5 Å². The highest BCUT2D eigenvalue weighted by Gasteiger charge is 2.22. The molecule has 0 fully saturated rings. The number of rotatable bonds is 3. The molecule has 0 saturated heterocycles. The summed E-state index contributed by atoms with van der Waals surface area (Å²) in [6, 6.07) is 7.51. The van der Waals surface area contributed by atoms with E-state index in [0.29, 0.717) is 30.2 Å². The Morgan fingerprint density at radius 3 is 2.90 bits per heavy atom. The molecular formula is C15H17N3O3. The molecule has 1 aliphatic heterocycles. The van der Waals surface area contributed by atoms with Gasteiger partial charge < -0.3 is 14.8 Å². The van der Waals surface area contributed by atoms with E-state index in [1.807, 2.05) is 31.2 Å². The SMILES string of the molecule is Cc1nn(C)cc1C(=O)NCC1COc2ccccc2O1. The number of fused-ring (bicyclic) bond motifs is 1. The van der Waals surface area contributed by atoms with Crippen LogP contribution in [0.2, 0.25) is 0 Å². The minimum atomic E-state index is -0.194. The van der Waals surface area contributed by atoms with Crippen molar-refractivity contribution in [3.8, 4) is 11.5 Å². The van der Waals surface area contributed by atoms with Gasteiger partial charge in [-0.15, -0.1) is 0 Å². The van der Waals surface area contributed by atoms with Gasteiger partial charge in [0.1, 0.15) is 12.7 Å². The monoisotopic (exact) mass is 287 g/mol. The molecule has 1 unspecified atom stereocenters. The van der Waals surface area contributed by atoms with Crippen LogP contribution in [0.5, 0.6) is 11.5 Å². The molecule has 0 bridgehead atoms. The summed E-state index contributed by atoms with van der Waals surface area (Å²) in [5.74, 6) is 1.30. The normalized spacial score (nSPS) is 16.6. The Kier molecular flexibility index (Phi) is 3.51. The lowest BCUT2D eigenvalue weighted by Gasteiger charge is -2.26. The van der Waals surface area contributed by atoms with Crippen LogP contribution in [-0.4, -0.2) is 34.9 Å². The Balaban J connectivity index is 1.59. The van der Waals surface area contributed by atoms with E-state index < -0.39 is 0 Å². The quantitative estimate of drug-likeness (QED) is 0.924.